The Kier molecular flexibility index (Phi) is 8.53. The van der Waals surface area contributed by atoms with Gasteiger partial charge in [0.2, 0.25) is 0 Å². The first-order valence-electron chi connectivity index (χ1n) is 21.2. The standard InChI is InChI=1S/C60H39NO/c1-3-15-43(16-4-1)59-55-23-10-9-21-51(55)52-36-30-45(38-56(52)60(59)44-17-5-2-6-18-44)40-26-31-46(32-27-40)61(48-35-37-54-53-22-11-12-25-57(53)62-58(54)39-48)47-33-28-42(29-34-47)50-24-13-19-41-14-7-8-20-49(41)50/h1-39H. The Morgan fingerprint density at radius 1 is 0.258 bits per heavy atom. The highest BCUT2D eigenvalue weighted by Crippen LogP contribution is 2.46. The quantitative estimate of drug-likeness (QED) is 0.150. The molecule has 0 saturated carbocycles. The van der Waals surface area contributed by atoms with Crippen molar-refractivity contribution in [2.24, 2.45) is 0 Å². The molecular weight excluding hydrogens is 751 g/mol. The van der Waals surface area contributed by atoms with Crippen molar-refractivity contribution in [3.63, 3.8) is 0 Å². The summed E-state index contributed by atoms with van der Waals surface area (Å²) in [5, 5.41) is 9.72. The van der Waals surface area contributed by atoms with Gasteiger partial charge < -0.3 is 9.32 Å². The van der Waals surface area contributed by atoms with Crippen molar-refractivity contribution in [1.29, 1.82) is 0 Å². The molecule has 0 aliphatic carbocycles. The zero-order valence-corrected chi connectivity index (χ0v) is 33.9. The Morgan fingerprint density at radius 3 is 1.48 bits per heavy atom. The van der Waals surface area contributed by atoms with Crippen LogP contribution in [-0.2, 0) is 0 Å². The molecule has 0 fully saturated rings. The molecule has 0 amide bonds. The first-order chi connectivity index (χ1) is 30.7. The molecule has 2 nitrogen and oxygen atoms in total. The van der Waals surface area contributed by atoms with Gasteiger partial charge in [0.1, 0.15) is 11.2 Å². The lowest BCUT2D eigenvalue weighted by atomic mass is 9.84. The number of anilines is 3. The third-order valence-electron chi connectivity index (χ3n) is 12.5. The highest BCUT2D eigenvalue weighted by atomic mass is 16.3. The Bertz CT molecular complexity index is 3600. The summed E-state index contributed by atoms with van der Waals surface area (Å²) in [5.41, 5.74) is 14.6. The zero-order chi connectivity index (χ0) is 41.0. The molecule has 1 aromatic heterocycles. The molecule has 0 saturated heterocycles. The lowest BCUT2D eigenvalue weighted by Gasteiger charge is -2.26. The maximum absolute atomic E-state index is 6.42. The van der Waals surface area contributed by atoms with Crippen molar-refractivity contribution >= 4 is 71.3 Å². The summed E-state index contributed by atoms with van der Waals surface area (Å²) in [5.74, 6) is 0. The van der Waals surface area contributed by atoms with E-state index in [9.17, 15) is 0 Å². The lowest BCUT2D eigenvalue weighted by Crippen LogP contribution is -2.09. The van der Waals surface area contributed by atoms with E-state index < -0.39 is 0 Å². The van der Waals surface area contributed by atoms with Crippen LogP contribution >= 0.6 is 0 Å². The molecular formula is C60H39NO. The fraction of sp³-hybridized carbons (Fsp3) is 0. The van der Waals surface area contributed by atoms with Crippen LogP contribution in [0.25, 0.3) is 98.8 Å². The van der Waals surface area contributed by atoms with Gasteiger partial charge in [-0.05, 0) is 125 Å². The summed E-state index contributed by atoms with van der Waals surface area (Å²) < 4.78 is 6.42. The normalized spacial score (nSPS) is 11.5. The SMILES string of the molecule is c1ccc(-c2c(-c3ccccc3)c3cc(-c4ccc(N(c5ccc(-c6cccc7ccccc67)cc5)c5ccc6c(c5)oc5ccccc56)cc4)ccc3c3ccccc23)cc1. The van der Waals surface area contributed by atoms with Crippen LogP contribution in [0.5, 0.6) is 0 Å². The number of nitrogens with zero attached hydrogens (tertiary/aromatic N) is 1. The van der Waals surface area contributed by atoms with Crippen molar-refractivity contribution in [3.8, 4) is 44.5 Å². The third-order valence-corrected chi connectivity index (χ3v) is 12.5. The monoisotopic (exact) mass is 789 g/mol. The number of furan rings is 1. The van der Waals surface area contributed by atoms with E-state index in [1.165, 1.54) is 71.3 Å². The van der Waals surface area contributed by atoms with Gasteiger partial charge in [0.25, 0.3) is 0 Å². The van der Waals surface area contributed by atoms with Crippen molar-refractivity contribution in [2.75, 3.05) is 4.90 Å². The van der Waals surface area contributed by atoms with Gasteiger partial charge >= 0.3 is 0 Å². The van der Waals surface area contributed by atoms with E-state index in [-0.39, 0.29) is 0 Å². The molecule has 0 aliphatic heterocycles. The molecule has 62 heavy (non-hydrogen) atoms. The molecule has 12 rings (SSSR count). The van der Waals surface area contributed by atoms with Gasteiger partial charge in [-0.3, -0.25) is 0 Å². The minimum absolute atomic E-state index is 0.866. The predicted octanol–water partition coefficient (Wildman–Crippen LogP) is 17.2. The summed E-state index contributed by atoms with van der Waals surface area (Å²) in [4.78, 5) is 2.33. The van der Waals surface area contributed by atoms with Gasteiger partial charge in [-0.25, -0.2) is 0 Å². The zero-order valence-electron chi connectivity index (χ0n) is 33.9. The van der Waals surface area contributed by atoms with Crippen LogP contribution in [0.4, 0.5) is 17.1 Å². The molecule has 0 radical (unpaired) electrons. The first-order valence-corrected chi connectivity index (χ1v) is 21.2. The maximum atomic E-state index is 6.42. The summed E-state index contributed by atoms with van der Waals surface area (Å²) in [6, 6.07) is 85.4. The lowest BCUT2D eigenvalue weighted by molar-refractivity contribution is 0.669. The summed E-state index contributed by atoms with van der Waals surface area (Å²) in [6.07, 6.45) is 0. The molecule has 0 unspecified atom stereocenters. The molecule has 0 bridgehead atoms. The third kappa shape index (κ3) is 6.04. The van der Waals surface area contributed by atoms with Gasteiger partial charge in [-0.2, -0.15) is 0 Å². The summed E-state index contributed by atoms with van der Waals surface area (Å²) >= 11 is 0. The summed E-state index contributed by atoms with van der Waals surface area (Å²) in [7, 11) is 0. The second kappa shape index (κ2) is 14.8. The number of benzene rings is 11. The second-order valence-electron chi connectivity index (χ2n) is 16.0. The fourth-order valence-electron chi connectivity index (χ4n) is 9.55. The Hall–Kier alpha value is -8.20. The van der Waals surface area contributed by atoms with Gasteiger partial charge in [-0.15, -0.1) is 0 Å². The Morgan fingerprint density at radius 2 is 0.758 bits per heavy atom. The molecule has 0 atom stereocenters. The molecule has 2 heteroatoms. The van der Waals surface area contributed by atoms with Crippen molar-refractivity contribution < 1.29 is 4.42 Å². The van der Waals surface area contributed by atoms with Gasteiger partial charge in [0, 0.05) is 33.9 Å². The molecule has 0 spiro atoms. The van der Waals surface area contributed by atoms with Crippen molar-refractivity contribution in [3.05, 3.63) is 237 Å². The van der Waals surface area contributed by atoms with Crippen LogP contribution in [0, 0.1) is 0 Å². The topological polar surface area (TPSA) is 16.4 Å². The van der Waals surface area contributed by atoms with Crippen LogP contribution in [0.2, 0.25) is 0 Å². The second-order valence-corrected chi connectivity index (χ2v) is 16.0. The van der Waals surface area contributed by atoms with Crippen LogP contribution < -0.4 is 4.90 Å². The molecule has 11 aromatic carbocycles. The van der Waals surface area contributed by atoms with Crippen molar-refractivity contribution in [2.45, 2.75) is 0 Å². The molecule has 12 aromatic rings. The number of hydrogen-bond donors (Lipinski definition) is 0. The smallest absolute Gasteiger partial charge is 0.137 e. The van der Waals surface area contributed by atoms with E-state index >= 15 is 0 Å². The maximum Gasteiger partial charge on any atom is 0.137 e. The van der Waals surface area contributed by atoms with Gasteiger partial charge in [0.15, 0.2) is 0 Å². The van der Waals surface area contributed by atoms with E-state index in [0.29, 0.717) is 0 Å². The van der Waals surface area contributed by atoms with Crippen LogP contribution in [-0.4, -0.2) is 0 Å². The average Bonchev–Trinajstić information content (AvgIpc) is 3.72. The van der Waals surface area contributed by atoms with E-state index in [1.54, 1.807) is 0 Å². The number of para-hydroxylation sites is 1. The number of fused-ring (bicyclic) bond motifs is 7. The van der Waals surface area contributed by atoms with Crippen LogP contribution in [0.3, 0.4) is 0 Å². The Labute approximate surface area is 360 Å². The highest BCUT2D eigenvalue weighted by molar-refractivity contribution is 6.22. The van der Waals surface area contributed by atoms with Crippen LogP contribution in [0.1, 0.15) is 0 Å². The largest absolute Gasteiger partial charge is 0.456 e. The summed E-state index contributed by atoms with van der Waals surface area (Å²) in [6.45, 7) is 0. The fourth-order valence-corrected chi connectivity index (χ4v) is 9.55. The highest BCUT2D eigenvalue weighted by Gasteiger charge is 2.20. The average molecular weight is 790 g/mol. The Balaban J connectivity index is 0.996. The first kappa shape index (κ1) is 35.7. The van der Waals surface area contributed by atoms with Crippen molar-refractivity contribution in [1.82, 2.24) is 0 Å². The van der Waals surface area contributed by atoms with E-state index in [2.05, 4.69) is 229 Å². The molecule has 290 valence electrons. The van der Waals surface area contributed by atoms with E-state index in [4.69, 9.17) is 4.42 Å². The predicted molar refractivity (Wildman–Crippen MR) is 263 cm³/mol. The van der Waals surface area contributed by atoms with E-state index in [0.717, 1.165) is 44.6 Å². The minimum Gasteiger partial charge on any atom is -0.456 e. The van der Waals surface area contributed by atoms with Crippen LogP contribution in [0.15, 0.2) is 241 Å². The number of rotatable bonds is 7. The molecule has 0 N–H and O–H groups in total. The van der Waals surface area contributed by atoms with Gasteiger partial charge in [-0.1, -0.05) is 182 Å². The molecule has 1 heterocycles. The number of hydrogen-bond acceptors (Lipinski definition) is 2. The minimum atomic E-state index is 0.866. The van der Waals surface area contributed by atoms with Gasteiger partial charge in [0.05, 0.1) is 0 Å². The molecule has 0 aliphatic rings. The van der Waals surface area contributed by atoms with E-state index in [1.807, 2.05) is 12.1 Å².